The first kappa shape index (κ1) is 20.9. The molecule has 3 amide bonds. The van der Waals surface area contributed by atoms with Gasteiger partial charge in [-0.25, -0.2) is 23.4 Å². The number of aromatic nitrogens is 3. The van der Waals surface area contributed by atoms with Crippen molar-refractivity contribution in [3.8, 4) is 0 Å². The molecule has 0 radical (unpaired) electrons. The molecule has 2 aliphatic heterocycles. The van der Waals surface area contributed by atoms with Gasteiger partial charge in [-0.05, 0) is 49.4 Å². The fourth-order valence-electron chi connectivity index (χ4n) is 4.94. The van der Waals surface area contributed by atoms with Crippen LogP contribution in [0.15, 0.2) is 41.3 Å². The number of nitrogens with zero attached hydrogens (tertiary/aromatic N) is 4. The van der Waals surface area contributed by atoms with Gasteiger partial charge in [-0.15, -0.1) is 0 Å². The van der Waals surface area contributed by atoms with Gasteiger partial charge < -0.3 is 15.1 Å². The monoisotopic (exact) mass is 572 g/mol. The van der Waals surface area contributed by atoms with Gasteiger partial charge >= 0.3 is 17.9 Å². The standard InChI is InChI=1S/C26H27F5N6O3/c27-18-4-1-3-17(21(18)28)15-6-7-19(23(38)36(13-15)14-26(29,30)31)33-24(39)35-11-8-16(9-12-35)37-20-5-2-10-32-22(20)34-25(37)40/h1-5,10,15-16,19H,6-9,11-14H2,(H,33,39)(H,32,34,40)/t15-,19-/m1/s1/i11D2,12D2,14D2. The quantitative estimate of drug-likeness (QED) is 0.466. The van der Waals surface area contributed by atoms with E-state index in [9.17, 15) is 36.3 Å². The van der Waals surface area contributed by atoms with Gasteiger partial charge in [0, 0.05) is 43.2 Å². The highest BCUT2D eigenvalue weighted by Gasteiger charge is 2.40. The summed E-state index contributed by atoms with van der Waals surface area (Å²) in [6.07, 6.45) is -6.29. The van der Waals surface area contributed by atoms with Crippen molar-refractivity contribution in [1.29, 1.82) is 0 Å². The molecule has 2 fully saturated rings. The van der Waals surface area contributed by atoms with E-state index in [0.29, 0.717) is 0 Å². The zero-order valence-corrected chi connectivity index (χ0v) is 20.6. The summed E-state index contributed by atoms with van der Waals surface area (Å²) in [6, 6.07) is 1.40. The second kappa shape index (κ2) is 10.9. The van der Waals surface area contributed by atoms with E-state index in [1.807, 2.05) is 0 Å². The maximum Gasteiger partial charge on any atom is 0.406 e. The number of imidazole rings is 1. The van der Waals surface area contributed by atoms with E-state index in [1.54, 1.807) is 0 Å². The average Bonchev–Trinajstić information content (AvgIpc) is 3.18. The topological polar surface area (TPSA) is 103 Å². The number of pyridine rings is 1. The Hall–Kier alpha value is -3.97. The lowest BCUT2D eigenvalue weighted by atomic mass is 9.93. The van der Waals surface area contributed by atoms with Gasteiger partial charge in [-0.3, -0.25) is 14.3 Å². The Labute approximate surface area is 233 Å². The molecule has 2 aliphatic rings. The van der Waals surface area contributed by atoms with E-state index in [1.165, 1.54) is 18.3 Å². The number of benzene rings is 1. The first-order valence-electron chi connectivity index (χ1n) is 15.2. The molecule has 0 unspecified atom stereocenters. The number of halogens is 5. The Kier molecular flexibility index (Phi) is 5.68. The van der Waals surface area contributed by atoms with Crippen LogP contribution in [0.1, 0.15) is 51.4 Å². The Bertz CT molecular complexity index is 1720. The molecule has 40 heavy (non-hydrogen) atoms. The van der Waals surface area contributed by atoms with Crippen LogP contribution in [-0.4, -0.2) is 74.5 Å². The summed E-state index contributed by atoms with van der Waals surface area (Å²) in [5, 5.41) is 2.06. The number of fused-ring (bicyclic) bond motifs is 1. The van der Waals surface area contributed by atoms with Crippen molar-refractivity contribution >= 4 is 23.1 Å². The van der Waals surface area contributed by atoms with Crippen LogP contribution in [0.25, 0.3) is 11.2 Å². The van der Waals surface area contributed by atoms with Crippen LogP contribution in [0.2, 0.25) is 0 Å². The lowest BCUT2D eigenvalue weighted by Gasteiger charge is -2.34. The predicted octanol–water partition coefficient (Wildman–Crippen LogP) is 3.69. The predicted molar refractivity (Wildman–Crippen MR) is 133 cm³/mol. The Morgan fingerprint density at radius 2 is 1.88 bits per heavy atom. The van der Waals surface area contributed by atoms with Crippen molar-refractivity contribution in [2.24, 2.45) is 0 Å². The molecule has 0 bridgehead atoms. The molecule has 4 heterocycles. The lowest BCUT2D eigenvalue weighted by molar-refractivity contribution is -0.162. The van der Waals surface area contributed by atoms with Crippen molar-refractivity contribution < 1.29 is 39.8 Å². The van der Waals surface area contributed by atoms with Gasteiger partial charge in [-0.1, -0.05) is 12.1 Å². The summed E-state index contributed by atoms with van der Waals surface area (Å²) >= 11 is 0. The fourth-order valence-corrected chi connectivity index (χ4v) is 4.94. The SMILES string of the molecule is [2H]C1([2H])CC(n2c(=O)[nH]c3ncccc32)CC([2H])([2H])N1C(=O)N[C@@H]1CC[C@@H](c2cccc(F)c2F)CN(C([2H])([2H])C(F)(F)F)C1=O. The molecule has 214 valence electrons. The van der Waals surface area contributed by atoms with Gasteiger partial charge in [0.05, 0.1) is 8.26 Å². The first-order valence-corrected chi connectivity index (χ1v) is 12.2. The molecule has 3 aromatic rings. The van der Waals surface area contributed by atoms with Crippen molar-refractivity contribution in [3.63, 3.8) is 0 Å². The summed E-state index contributed by atoms with van der Waals surface area (Å²) in [5.41, 5.74) is -0.689. The summed E-state index contributed by atoms with van der Waals surface area (Å²) in [7, 11) is 0. The van der Waals surface area contributed by atoms with Gasteiger partial charge in [0.2, 0.25) is 5.91 Å². The number of amides is 3. The average molecular weight is 573 g/mol. The van der Waals surface area contributed by atoms with E-state index in [4.69, 9.17) is 8.22 Å². The fraction of sp³-hybridized carbons (Fsp3) is 0.462. The van der Waals surface area contributed by atoms with Crippen LogP contribution >= 0.6 is 0 Å². The molecule has 2 atom stereocenters. The van der Waals surface area contributed by atoms with Crippen molar-refractivity contribution in [3.05, 3.63) is 64.2 Å². The van der Waals surface area contributed by atoms with Crippen LogP contribution in [0.4, 0.5) is 26.7 Å². The largest absolute Gasteiger partial charge is 0.406 e. The van der Waals surface area contributed by atoms with Crippen molar-refractivity contribution in [2.75, 3.05) is 26.0 Å². The molecular weight excluding hydrogens is 539 g/mol. The number of rotatable bonds is 4. The van der Waals surface area contributed by atoms with Crippen LogP contribution in [0.3, 0.4) is 0 Å². The molecule has 14 heteroatoms. The lowest BCUT2D eigenvalue weighted by Crippen LogP contribution is -2.54. The number of carbonyl (C=O) groups is 2. The van der Waals surface area contributed by atoms with Gasteiger partial charge in [0.25, 0.3) is 0 Å². The van der Waals surface area contributed by atoms with E-state index in [0.717, 1.165) is 22.8 Å². The normalized spacial score (nSPS) is 26.2. The van der Waals surface area contributed by atoms with Crippen molar-refractivity contribution in [1.82, 2.24) is 29.7 Å². The van der Waals surface area contributed by atoms with Gasteiger partial charge in [0.1, 0.15) is 12.5 Å². The third kappa shape index (κ3) is 5.65. The molecule has 0 aliphatic carbocycles. The van der Waals surface area contributed by atoms with E-state index < -0.39 is 104 Å². The third-order valence-corrected chi connectivity index (χ3v) is 6.78. The second-order valence-electron chi connectivity index (χ2n) is 9.36. The molecule has 2 aromatic heterocycles. The van der Waals surface area contributed by atoms with Crippen molar-refractivity contribution in [2.45, 2.75) is 49.9 Å². The number of hydrogen-bond acceptors (Lipinski definition) is 4. The number of urea groups is 1. The summed E-state index contributed by atoms with van der Waals surface area (Å²) in [4.78, 5) is 46.0. The molecule has 9 nitrogen and oxygen atoms in total. The van der Waals surface area contributed by atoms with Crippen LogP contribution in [0.5, 0.6) is 0 Å². The first-order chi connectivity index (χ1) is 21.3. The smallest absolute Gasteiger partial charge is 0.331 e. The molecule has 1 aromatic carbocycles. The zero-order chi connectivity index (χ0) is 34.0. The second-order valence-corrected chi connectivity index (χ2v) is 9.36. The highest BCUT2D eigenvalue weighted by molar-refractivity contribution is 5.87. The number of nitrogens with one attached hydrogen (secondary N) is 2. The minimum Gasteiger partial charge on any atom is -0.331 e. The molecule has 0 saturated carbocycles. The minimum absolute atomic E-state index is 0.152. The number of hydrogen-bond donors (Lipinski definition) is 2. The third-order valence-electron chi connectivity index (χ3n) is 6.78. The number of alkyl halides is 3. The Morgan fingerprint density at radius 1 is 1.12 bits per heavy atom. The Balaban J connectivity index is 1.44. The number of carbonyl (C=O) groups excluding carboxylic acids is 2. The number of aromatic amines is 1. The van der Waals surface area contributed by atoms with Crippen LogP contribution in [-0.2, 0) is 4.79 Å². The van der Waals surface area contributed by atoms with Crippen LogP contribution in [0, 0.1) is 11.6 Å². The number of H-pyrrole nitrogens is 1. The molecule has 2 N–H and O–H groups in total. The highest BCUT2D eigenvalue weighted by atomic mass is 19.4. The highest BCUT2D eigenvalue weighted by Crippen LogP contribution is 2.32. The van der Waals surface area contributed by atoms with E-state index in [2.05, 4.69) is 15.3 Å². The van der Waals surface area contributed by atoms with E-state index in [-0.39, 0.29) is 27.4 Å². The Morgan fingerprint density at radius 3 is 2.60 bits per heavy atom. The van der Waals surface area contributed by atoms with E-state index >= 15 is 0 Å². The summed E-state index contributed by atoms with van der Waals surface area (Å²) < 4.78 is 121. The summed E-state index contributed by atoms with van der Waals surface area (Å²) in [6.45, 7) is -11.0. The van der Waals surface area contributed by atoms with Crippen LogP contribution < -0.4 is 11.0 Å². The maximum atomic E-state index is 14.7. The molecule has 2 saturated heterocycles. The summed E-state index contributed by atoms with van der Waals surface area (Å²) in [5.74, 6) is -5.63. The minimum atomic E-state index is -5.64. The zero-order valence-electron chi connectivity index (χ0n) is 26.6. The molecule has 5 rings (SSSR count). The maximum absolute atomic E-state index is 14.7. The molecule has 0 spiro atoms. The molecular formula is C26H27F5N6O3. The van der Waals surface area contributed by atoms with Gasteiger partial charge in [0.15, 0.2) is 17.3 Å². The number of likely N-dealkylation sites (tertiary alicyclic amines) is 2. The number of piperidine rings is 1. The van der Waals surface area contributed by atoms with Gasteiger partial charge in [-0.2, -0.15) is 13.2 Å².